The van der Waals surface area contributed by atoms with Gasteiger partial charge in [-0.25, -0.2) is 4.98 Å². The smallest absolute Gasteiger partial charge is 0.255 e. The van der Waals surface area contributed by atoms with Crippen LogP contribution >= 0.6 is 0 Å². The van der Waals surface area contributed by atoms with E-state index in [4.69, 9.17) is 4.42 Å². The molecule has 7 rings (SSSR count). The second-order valence-electron chi connectivity index (χ2n) is 12.3. The Morgan fingerprint density at radius 3 is 2.64 bits per heavy atom. The Morgan fingerprint density at radius 2 is 1.82 bits per heavy atom. The molecule has 1 saturated heterocycles. The van der Waals surface area contributed by atoms with Crippen molar-refractivity contribution in [2.24, 2.45) is 11.8 Å². The lowest BCUT2D eigenvalue weighted by atomic mass is 9.83. The van der Waals surface area contributed by atoms with Gasteiger partial charge in [-0.15, -0.1) is 0 Å². The van der Waals surface area contributed by atoms with Crippen molar-refractivity contribution in [3.8, 4) is 11.5 Å². The van der Waals surface area contributed by atoms with Gasteiger partial charge in [0, 0.05) is 67.4 Å². The van der Waals surface area contributed by atoms with Crippen molar-refractivity contribution >= 4 is 34.3 Å². The van der Waals surface area contributed by atoms with Gasteiger partial charge >= 0.3 is 0 Å². The fourth-order valence-corrected chi connectivity index (χ4v) is 6.42. The monoisotopic (exact) mass is 602 g/mol. The predicted octanol–water partition coefficient (Wildman–Crippen LogP) is 5.31. The number of nitrogens with zero attached hydrogens (tertiary/aromatic N) is 4. The quantitative estimate of drug-likeness (QED) is 0.259. The average Bonchev–Trinajstić information content (AvgIpc) is 3.48. The first-order valence-electron chi connectivity index (χ1n) is 15.3. The summed E-state index contributed by atoms with van der Waals surface area (Å²) in [6, 6.07) is 19.8. The molecule has 2 aromatic carbocycles. The molecule has 228 valence electrons. The minimum Gasteiger partial charge on any atom is -0.436 e. The Morgan fingerprint density at radius 1 is 0.978 bits per heavy atom. The Labute approximate surface area is 260 Å². The predicted molar refractivity (Wildman–Crippen MR) is 173 cm³/mol. The number of pyridine rings is 2. The topological polar surface area (TPSA) is 122 Å². The fourth-order valence-electron chi connectivity index (χ4n) is 6.42. The molecule has 2 unspecified atom stereocenters. The van der Waals surface area contributed by atoms with Crippen molar-refractivity contribution in [3.05, 3.63) is 106 Å². The van der Waals surface area contributed by atoms with Crippen molar-refractivity contribution in [3.63, 3.8) is 0 Å². The number of oxazole rings is 1. The molecule has 2 bridgehead atoms. The molecule has 0 spiro atoms. The van der Waals surface area contributed by atoms with E-state index in [1.54, 1.807) is 42.7 Å². The molecule has 0 aliphatic carbocycles. The standard InChI is InChI=1S/C35H34N6O4/c1-21(2)16-37-33(43)23-8-10-30(40-18-22-13-26(20-40)29-6-3-7-32(42)41(29)19-22)27(14-23)38-34(44)24-9-11-31-28(15-24)39-35(45-31)25-5-4-12-36-17-25/h3-12,14-15,17,21-22,26H,13,16,18-20H2,1-2H3,(H,37,43)(H,38,44). The number of nitrogens with one attached hydrogen (secondary N) is 2. The number of piperidine rings is 1. The van der Waals surface area contributed by atoms with Gasteiger partial charge in [-0.05, 0) is 72.9 Å². The highest BCUT2D eigenvalue weighted by atomic mass is 16.3. The number of anilines is 2. The maximum Gasteiger partial charge on any atom is 0.255 e. The molecule has 10 nitrogen and oxygen atoms in total. The van der Waals surface area contributed by atoms with Crippen LogP contribution in [0.4, 0.5) is 11.4 Å². The van der Waals surface area contributed by atoms with Crippen LogP contribution in [0.3, 0.4) is 0 Å². The van der Waals surface area contributed by atoms with Crippen LogP contribution < -0.4 is 21.1 Å². The fraction of sp³-hybridized carbons (Fsp3) is 0.286. The number of fused-ring (bicyclic) bond motifs is 5. The summed E-state index contributed by atoms with van der Waals surface area (Å²) < 4.78 is 7.80. The maximum absolute atomic E-state index is 13.7. The number of carbonyl (C=O) groups is 2. The second kappa shape index (κ2) is 11.7. The van der Waals surface area contributed by atoms with E-state index in [-0.39, 0.29) is 29.2 Å². The van der Waals surface area contributed by atoms with E-state index >= 15 is 0 Å². The van der Waals surface area contributed by atoms with Gasteiger partial charge in [-0.2, -0.15) is 0 Å². The molecule has 3 aromatic heterocycles. The lowest BCUT2D eigenvalue weighted by Gasteiger charge is -2.44. The van der Waals surface area contributed by atoms with Crippen molar-refractivity contribution in [1.29, 1.82) is 0 Å². The van der Waals surface area contributed by atoms with Crippen molar-refractivity contribution < 1.29 is 14.0 Å². The number of hydrogen-bond donors (Lipinski definition) is 2. The molecule has 2 N–H and O–H groups in total. The minimum absolute atomic E-state index is 0.0389. The number of amides is 2. The zero-order chi connectivity index (χ0) is 31.1. The van der Waals surface area contributed by atoms with Gasteiger partial charge < -0.3 is 24.5 Å². The average molecular weight is 603 g/mol. The highest BCUT2D eigenvalue weighted by molar-refractivity contribution is 6.08. The summed E-state index contributed by atoms with van der Waals surface area (Å²) in [4.78, 5) is 50.3. The number of aromatic nitrogens is 3. The maximum atomic E-state index is 13.7. The highest BCUT2D eigenvalue weighted by Crippen LogP contribution is 2.39. The Kier molecular flexibility index (Phi) is 7.40. The second-order valence-corrected chi connectivity index (χ2v) is 12.3. The van der Waals surface area contributed by atoms with Crippen LogP contribution in [0.1, 0.15) is 52.6 Å². The van der Waals surface area contributed by atoms with Crippen molar-refractivity contribution in [2.45, 2.75) is 32.7 Å². The van der Waals surface area contributed by atoms with Crippen LogP contribution in [0, 0.1) is 11.8 Å². The van der Waals surface area contributed by atoms with Gasteiger partial charge in [-0.1, -0.05) is 19.9 Å². The summed E-state index contributed by atoms with van der Waals surface area (Å²) in [5, 5.41) is 6.07. The van der Waals surface area contributed by atoms with Crippen LogP contribution in [-0.2, 0) is 6.54 Å². The third kappa shape index (κ3) is 5.71. The molecule has 0 radical (unpaired) electrons. The molecular weight excluding hydrogens is 568 g/mol. The Bertz CT molecular complexity index is 1960. The van der Waals surface area contributed by atoms with Gasteiger partial charge in [0.15, 0.2) is 5.58 Å². The third-order valence-electron chi connectivity index (χ3n) is 8.56. The molecule has 10 heteroatoms. The Hall–Kier alpha value is -5.25. The van der Waals surface area contributed by atoms with Gasteiger partial charge in [0.05, 0.1) is 16.9 Å². The molecule has 2 amide bonds. The molecular formula is C35H34N6O4. The molecule has 1 fully saturated rings. The molecule has 5 aromatic rings. The summed E-state index contributed by atoms with van der Waals surface area (Å²) in [6.45, 7) is 6.73. The highest BCUT2D eigenvalue weighted by Gasteiger charge is 2.35. The molecule has 45 heavy (non-hydrogen) atoms. The largest absolute Gasteiger partial charge is 0.436 e. The van der Waals surface area contributed by atoms with Gasteiger partial charge in [-0.3, -0.25) is 19.4 Å². The first-order valence-corrected chi connectivity index (χ1v) is 15.3. The number of carbonyl (C=O) groups excluding carboxylic acids is 2. The van der Waals surface area contributed by atoms with Crippen LogP contribution in [0.5, 0.6) is 0 Å². The van der Waals surface area contributed by atoms with E-state index < -0.39 is 0 Å². The van der Waals surface area contributed by atoms with Crippen LogP contribution in [-0.4, -0.2) is 46.0 Å². The van der Waals surface area contributed by atoms with Gasteiger partial charge in [0.25, 0.3) is 17.4 Å². The molecule has 0 saturated carbocycles. The summed E-state index contributed by atoms with van der Waals surface area (Å²) in [6.07, 6.45) is 4.37. The van der Waals surface area contributed by atoms with E-state index in [9.17, 15) is 14.4 Å². The van der Waals surface area contributed by atoms with Crippen molar-refractivity contribution in [2.75, 3.05) is 29.9 Å². The first-order chi connectivity index (χ1) is 21.8. The molecule has 2 aliphatic heterocycles. The zero-order valence-corrected chi connectivity index (χ0v) is 25.2. The van der Waals surface area contributed by atoms with Crippen LogP contribution in [0.2, 0.25) is 0 Å². The SMILES string of the molecule is CC(C)CNC(=O)c1ccc(N2CC3CC(C2)c2cccc(=O)n2C3)c(NC(=O)c2ccc3oc(-c4cccnc4)nc3c2)c1. The summed E-state index contributed by atoms with van der Waals surface area (Å²) in [5.74, 6) is 0.697. The number of hydrogen-bond acceptors (Lipinski definition) is 7. The minimum atomic E-state index is -0.321. The lowest BCUT2D eigenvalue weighted by Crippen LogP contribution is -2.47. The van der Waals surface area contributed by atoms with E-state index in [1.807, 2.05) is 54.8 Å². The number of rotatable bonds is 7. The first kappa shape index (κ1) is 28.5. The van der Waals surface area contributed by atoms with Crippen LogP contribution in [0.25, 0.3) is 22.6 Å². The van der Waals surface area contributed by atoms with E-state index in [0.29, 0.717) is 59.4 Å². The molecule has 5 heterocycles. The van der Waals surface area contributed by atoms with Gasteiger partial charge in [0.2, 0.25) is 5.89 Å². The lowest BCUT2D eigenvalue weighted by molar-refractivity contribution is 0.0947. The normalized spacial score (nSPS) is 17.3. The summed E-state index contributed by atoms with van der Waals surface area (Å²) in [7, 11) is 0. The molecule has 2 atom stereocenters. The zero-order valence-electron chi connectivity index (χ0n) is 25.2. The summed E-state index contributed by atoms with van der Waals surface area (Å²) >= 11 is 0. The molecule has 2 aliphatic rings. The van der Waals surface area contributed by atoms with E-state index in [1.165, 1.54) is 0 Å². The van der Waals surface area contributed by atoms with Crippen LogP contribution in [0.15, 0.2) is 88.3 Å². The van der Waals surface area contributed by atoms with E-state index in [0.717, 1.165) is 29.9 Å². The Balaban J connectivity index is 1.20. The third-order valence-corrected chi connectivity index (χ3v) is 8.56. The number of benzene rings is 2. The summed E-state index contributed by atoms with van der Waals surface area (Å²) in [5.41, 5.74) is 5.23. The van der Waals surface area contributed by atoms with Crippen molar-refractivity contribution in [1.82, 2.24) is 19.9 Å². The van der Waals surface area contributed by atoms with E-state index in [2.05, 4.69) is 25.5 Å². The van der Waals surface area contributed by atoms with Gasteiger partial charge in [0.1, 0.15) is 5.52 Å².